The quantitative estimate of drug-likeness (QED) is 0.849. The molecule has 2 N–H and O–H groups in total. The van der Waals surface area contributed by atoms with Gasteiger partial charge in [-0.15, -0.1) is 0 Å². The molecule has 2 aromatic carbocycles. The summed E-state index contributed by atoms with van der Waals surface area (Å²) in [5.41, 5.74) is 8.70. The number of nitrogens with two attached hydrogens (primary N) is 1. The zero-order valence-electron chi connectivity index (χ0n) is 11.8. The van der Waals surface area contributed by atoms with Crippen LogP contribution in [0.15, 0.2) is 42.5 Å². The van der Waals surface area contributed by atoms with Crippen molar-refractivity contribution < 1.29 is 9.13 Å². The van der Waals surface area contributed by atoms with E-state index >= 15 is 0 Å². The molecule has 0 aromatic heterocycles. The lowest BCUT2D eigenvalue weighted by Gasteiger charge is -2.24. The Labute approximate surface area is 118 Å². The molecule has 0 spiro atoms. The van der Waals surface area contributed by atoms with Crippen molar-refractivity contribution in [2.75, 3.05) is 24.3 Å². The van der Waals surface area contributed by atoms with E-state index in [1.54, 1.807) is 19.2 Å². The van der Waals surface area contributed by atoms with Crippen molar-refractivity contribution >= 4 is 11.4 Å². The molecule has 0 fully saturated rings. The monoisotopic (exact) mass is 274 g/mol. The Hall–Kier alpha value is -2.23. The molecule has 106 valence electrons. The van der Waals surface area contributed by atoms with Crippen molar-refractivity contribution in [1.29, 1.82) is 0 Å². The van der Waals surface area contributed by atoms with Crippen molar-refractivity contribution in [2.45, 2.75) is 13.5 Å². The smallest absolute Gasteiger partial charge is 0.123 e. The topological polar surface area (TPSA) is 38.5 Å². The Morgan fingerprint density at radius 2 is 1.85 bits per heavy atom. The van der Waals surface area contributed by atoms with Crippen LogP contribution in [0.25, 0.3) is 0 Å². The number of ether oxygens (including phenoxy) is 1. The third-order valence-electron chi connectivity index (χ3n) is 3.28. The lowest BCUT2D eigenvalue weighted by atomic mass is 10.1. The maximum atomic E-state index is 13.0. The van der Waals surface area contributed by atoms with E-state index < -0.39 is 0 Å². The van der Waals surface area contributed by atoms with Crippen LogP contribution in [-0.2, 0) is 6.54 Å². The third-order valence-corrected chi connectivity index (χ3v) is 3.28. The van der Waals surface area contributed by atoms with Gasteiger partial charge in [-0.1, -0.05) is 0 Å². The van der Waals surface area contributed by atoms with Gasteiger partial charge in [0.25, 0.3) is 0 Å². The molecule has 0 heterocycles. The van der Waals surface area contributed by atoms with Gasteiger partial charge in [0.15, 0.2) is 0 Å². The van der Waals surface area contributed by atoms with Gasteiger partial charge in [0, 0.05) is 24.5 Å². The van der Waals surface area contributed by atoms with E-state index in [0.29, 0.717) is 6.54 Å². The highest BCUT2D eigenvalue weighted by atomic mass is 19.1. The Kier molecular flexibility index (Phi) is 4.45. The summed E-state index contributed by atoms with van der Waals surface area (Å²) in [6, 6.07) is 12.1. The molecule has 20 heavy (non-hydrogen) atoms. The molecule has 0 aliphatic carbocycles. The van der Waals surface area contributed by atoms with Crippen LogP contribution in [0.4, 0.5) is 15.8 Å². The summed E-state index contributed by atoms with van der Waals surface area (Å²) in [5.74, 6) is 0.551. The summed E-state index contributed by atoms with van der Waals surface area (Å²) in [6.45, 7) is 3.52. The number of hydrogen-bond acceptors (Lipinski definition) is 3. The third kappa shape index (κ3) is 3.20. The van der Waals surface area contributed by atoms with Crippen LogP contribution in [-0.4, -0.2) is 13.7 Å². The average molecular weight is 274 g/mol. The molecular weight excluding hydrogens is 255 g/mol. The lowest BCUT2D eigenvalue weighted by molar-refractivity contribution is 0.414. The van der Waals surface area contributed by atoms with Gasteiger partial charge in [0.1, 0.15) is 11.6 Å². The van der Waals surface area contributed by atoms with Crippen LogP contribution < -0.4 is 15.4 Å². The molecule has 0 radical (unpaired) electrons. The highest BCUT2D eigenvalue weighted by Gasteiger charge is 2.09. The molecule has 4 heteroatoms. The van der Waals surface area contributed by atoms with Gasteiger partial charge in [0.2, 0.25) is 0 Å². The van der Waals surface area contributed by atoms with Gasteiger partial charge in [-0.25, -0.2) is 4.39 Å². The first-order chi connectivity index (χ1) is 9.63. The van der Waals surface area contributed by atoms with Crippen molar-refractivity contribution in [3.8, 4) is 5.75 Å². The molecule has 0 atom stereocenters. The minimum absolute atomic E-state index is 0.231. The molecule has 0 aliphatic heterocycles. The van der Waals surface area contributed by atoms with E-state index in [1.807, 2.05) is 18.2 Å². The Balaban J connectivity index is 2.23. The summed E-state index contributed by atoms with van der Waals surface area (Å²) in [4.78, 5) is 2.13. The summed E-state index contributed by atoms with van der Waals surface area (Å²) < 4.78 is 18.2. The fraction of sp³-hybridized carbons (Fsp3) is 0.250. The second-order valence-corrected chi connectivity index (χ2v) is 4.56. The van der Waals surface area contributed by atoms with Gasteiger partial charge < -0.3 is 15.4 Å². The summed E-state index contributed by atoms with van der Waals surface area (Å²) >= 11 is 0. The summed E-state index contributed by atoms with van der Waals surface area (Å²) in [5, 5.41) is 0. The largest absolute Gasteiger partial charge is 0.497 e. The maximum absolute atomic E-state index is 13.0. The second kappa shape index (κ2) is 6.28. The molecule has 0 bridgehead atoms. The first kappa shape index (κ1) is 14.2. The summed E-state index contributed by atoms with van der Waals surface area (Å²) in [6.07, 6.45) is 0. The van der Waals surface area contributed by atoms with Crippen LogP contribution in [0, 0.1) is 5.82 Å². The minimum atomic E-state index is -0.231. The van der Waals surface area contributed by atoms with Gasteiger partial charge in [-0.05, 0) is 55.0 Å². The van der Waals surface area contributed by atoms with E-state index in [-0.39, 0.29) is 5.82 Å². The van der Waals surface area contributed by atoms with E-state index in [1.165, 1.54) is 12.1 Å². The van der Waals surface area contributed by atoms with Gasteiger partial charge in [-0.3, -0.25) is 0 Å². The Bertz CT molecular complexity index is 569. The molecule has 0 unspecified atom stereocenters. The predicted octanol–water partition coefficient (Wildman–Crippen LogP) is 3.44. The SMILES string of the molecule is CCN(Cc1cc(OC)ccc1N)c1ccc(F)cc1. The van der Waals surface area contributed by atoms with Crippen LogP contribution in [0.3, 0.4) is 0 Å². The second-order valence-electron chi connectivity index (χ2n) is 4.56. The summed E-state index contributed by atoms with van der Waals surface area (Å²) in [7, 11) is 1.63. The predicted molar refractivity (Wildman–Crippen MR) is 80.5 cm³/mol. The number of halogens is 1. The number of methoxy groups -OCH3 is 1. The van der Waals surface area contributed by atoms with Crippen LogP contribution in [0.5, 0.6) is 5.75 Å². The average Bonchev–Trinajstić information content (AvgIpc) is 2.47. The standard InChI is InChI=1S/C16H19FN2O/c1-3-19(14-6-4-13(17)5-7-14)11-12-10-15(20-2)8-9-16(12)18/h4-10H,3,11,18H2,1-2H3. The minimum Gasteiger partial charge on any atom is -0.497 e. The molecule has 2 rings (SSSR count). The number of benzene rings is 2. The van der Waals surface area contributed by atoms with Crippen LogP contribution in [0.1, 0.15) is 12.5 Å². The molecule has 2 aromatic rings. The van der Waals surface area contributed by atoms with E-state index in [9.17, 15) is 4.39 Å². The maximum Gasteiger partial charge on any atom is 0.123 e. The zero-order valence-corrected chi connectivity index (χ0v) is 11.8. The van der Waals surface area contributed by atoms with Crippen molar-refractivity contribution in [1.82, 2.24) is 0 Å². The Morgan fingerprint density at radius 3 is 2.45 bits per heavy atom. The highest BCUT2D eigenvalue weighted by Crippen LogP contribution is 2.24. The number of anilines is 2. The van der Waals surface area contributed by atoms with Crippen molar-refractivity contribution in [3.05, 3.63) is 53.8 Å². The van der Waals surface area contributed by atoms with E-state index in [2.05, 4.69) is 11.8 Å². The van der Waals surface area contributed by atoms with E-state index in [4.69, 9.17) is 10.5 Å². The number of nitrogens with zero attached hydrogens (tertiary/aromatic N) is 1. The molecule has 0 aliphatic rings. The molecule has 0 amide bonds. The number of rotatable bonds is 5. The normalized spacial score (nSPS) is 10.3. The van der Waals surface area contributed by atoms with Gasteiger partial charge in [-0.2, -0.15) is 0 Å². The lowest BCUT2D eigenvalue weighted by Crippen LogP contribution is -2.22. The van der Waals surface area contributed by atoms with Crippen LogP contribution in [0.2, 0.25) is 0 Å². The molecular formula is C16H19FN2O. The van der Waals surface area contributed by atoms with Crippen LogP contribution >= 0.6 is 0 Å². The zero-order chi connectivity index (χ0) is 14.5. The fourth-order valence-corrected chi connectivity index (χ4v) is 2.09. The van der Waals surface area contributed by atoms with E-state index in [0.717, 1.165) is 29.2 Å². The first-order valence-corrected chi connectivity index (χ1v) is 6.57. The first-order valence-electron chi connectivity index (χ1n) is 6.57. The molecule has 0 saturated heterocycles. The molecule has 0 saturated carbocycles. The number of nitrogen functional groups attached to an aromatic ring is 1. The Morgan fingerprint density at radius 1 is 1.15 bits per heavy atom. The molecule has 3 nitrogen and oxygen atoms in total. The van der Waals surface area contributed by atoms with Gasteiger partial charge in [0.05, 0.1) is 7.11 Å². The van der Waals surface area contributed by atoms with Crippen molar-refractivity contribution in [3.63, 3.8) is 0 Å². The fourth-order valence-electron chi connectivity index (χ4n) is 2.09. The number of hydrogen-bond donors (Lipinski definition) is 1. The van der Waals surface area contributed by atoms with Crippen molar-refractivity contribution in [2.24, 2.45) is 0 Å². The highest BCUT2D eigenvalue weighted by molar-refractivity contribution is 5.54. The van der Waals surface area contributed by atoms with Gasteiger partial charge >= 0.3 is 0 Å².